The van der Waals surface area contributed by atoms with Gasteiger partial charge >= 0.3 is 6.03 Å². The van der Waals surface area contributed by atoms with E-state index >= 15 is 0 Å². The lowest BCUT2D eigenvalue weighted by molar-refractivity contribution is 0.251. The molecule has 6 rings (SSSR count). The minimum Gasteiger partial charge on any atom is -0.457 e. The van der Waals surface area contributed by atoms with E-state index in [4.69, 9.17) is 4.74 Å². The highest BCUT2D eigenvalue weighted by atomic mass is 32.2. The van der Waals surface area contributed by atoms with Crippen LogP contribution < -0.4 is 15.4 Å². The number of pyridine rings is 1. The first kappa shape index (κ1) is 27.7. The van der Waals surface area contributed by atoms with Gasteiger partial charge in [0.1, 0.15) is 17.1 Å². The average molecular weight is 589 g/mol. The molecular weight excluding hydrogens is 560 g/mol. The van der Waals surface area contributed by atoms with Crippen LogP contribution in [-0.2, 0) is 16.4 Å². The molecule has 214 valence electrons. The number of hydrogen-bond acceptors (Lipinski definition) is 5. The van der Waals surface area contributed by atoms with E-state index in [1.807, 2.05) is 83.5 Å². The summed E-state index contributed by atoms with van der Waals surface area (Å²) in [6.45, 7) is 0.371. The third-order valence-corrected chi connectivity index (χ3v) is 8.05. The summed E-state index contributed by atoms with van der Waals surface area (Å²) < 4.78 is 31.3. The van der Waals surface area contributed by atoms with Crippen LogP contribution in [0.15, 0.2) is 133 Å². The molecule has 0 radical (unpaired) electrons. The highest BCUT2D eigenvalue weighted by Crippen LogP contribution is 2.27. The Kier molecular flexibility index (Phi) is 7.63. The lowest BCUT2D eigenvalue weighted by Gasteiger charge is -2.10. The van der Waals surface area contributed by atoms with Gasteiger partial charge in [-0.05, 0) is 77.4 Å². The highest BCUT2D eigenvalue weighted by Gasteiger charge is 2.10. The Labute approximate surface area is 249 Å². The standard InChI is InChI=1S/C34H28N4O4S/c1-43(40,41)31-17-11-25(12-18-31)27-19-20-38-32(23-35-33(38)21-27)26-9-7-24(8-10-26)22-36-34(39)37-28-13-15-30(16-14-28)42-29-5-3-2-4-6-29/h2-21,23H,22H2,1H3,(H2,36,37,39). The van der Waals surface area contributed by atoms with Crippen molar-refractivity contribution in [3.8, 4) is 33.9 Å². The fourth-order valence-electron chi connectivity index (χ4n) is 4.65. The van der Waals surface area contributed by atoms with Crippen LogP contribution in [-0.4, -0.2) is 30.1 Å². The van der Waals surface area contributed by atoms with E-state index in [1.165, 1.54) is 6.26 Å². The Morgan fingerprint density at radius 2 is 1.47 bits per heavy atom. The number of imidazole rings is 1. The fourth-order valence-corrected chi connectivity index (χ4v) is 5.28. The van der Waals surface area contributed by atoms with Crippen LogP contribution in [0.1, 0.15) is 5.56 Å². The van der Waals surface area contributed by atoms with Gasteiger partial charge in [-0.2, -0.15) is 0 Å². The molecular formula is C34H28N4O4S. The largest absolute Gasteiger partial charge is 0.457 e. The second kappa shape index (κ2) is 11.8. The van der Waals surface area contributed by atoms with E-state index < -0.39 is 9.84 Å². The Morgan fingerprint density at radius 1 is 0.791 bits per heavy atom. The summed E-state index contributed by atoms with van der Waals surface area (Å²) in [5.41, 5.74) is 6.18. The molecule has 2 aromatic heterocycles. The molecule has 0 aliphatic heterocycles. The number of hydrogen-bond donors (Lipinski definition) is 2. The number of rotatable bonds is 8. The number of anilines is 1. The molecule has 2 amide bonds. The predicted octanol–water partition coefficient (Wildman–Crippen LogP) is 7.19. The quantitative estimate of drug-likeness (QED) is 0.196. The summed E-state index contributed by atoms with van der Waals surface area (Å²) in [6, 6.07) is 35.1. The molecule has 0 unspecified atom stereocenters. The van der Waals surface area contributed by atoms with Gasteiger partial charge in [0.2, 0.25) is 0 Å². The van der Waals surface area contributed by atoms with Crippen molar-refractivity contribution in [3.63, 3.8) is 0 Å². The smallest absolute Gasteiger partial charge is 0.319 e. The van der Waals surface area contributed by atoms with Gasteiger partial charge in [0.15, 0.2) is 9.84 Å². The van der Waals surface area contributed by atoms with Crippen molar-refractivity contribution in [2.75, 3.05) is 11.6 Å². The molecule has 0 aliphatic rings. The number of ether oxygens (including phenoxy) is 1. The van der Waals surface area contributed by atoms with Gasteiger partial charge < -0.3 is 15.4 Å². The number of nitrogens with zero attached hydrogens (tertiary/aromatic N) is 2. The molecule has 0 spiro atoms. The molecule has 0 saturated carbocycles. The molecule has 0 atom stereocenters. The summed E-state index contributed by atoms with van der Waals surface area (Å²) >= 11 is 0. The maximum atomic E-state index is 12.5. The molecule has 43 heavy (non-hydrogen) atoms. The number of carbonyl (C=O) groups excluding carboxylic acids is 1. The normalized spacial score (nSPS) is 11.3. The molecule has 2 N–H and O–H groups in total. The molecule has 6 aromatic rings. The lowest BCUT2D eigenvalue weighted by atomic mass is 10.1. The topological polar surface area (TPSA) is 102 Å². The van der Waals surface area contributed by atoms with Gasteiger partial charge in [0, 0.05) is 30.2 Å². The predicted molar refractivity (Wildman–Crippen MR) is 168 cm³/mol. The van der Waals surface area contributed by atoms with E-state index in [1.54, 1.807) is 48.5 Å². The first-order chi connectivity index (χ1) is 20.8. The first-order valence-corrected chi connectivity index (χ1v) is 15.5. The van der Waals surface area contributed by atoms with Crippen molar-refractivity contribution < 1.29 is 17.9 Å². The number of fused-ring (bicyclic) bond motifs is 1. The van der Waals surface area contributed by atoms with Crippen LogP contribution >= 0.6 is 0 Å². The zero-order chi connectivity index (χ0) is 29.8. The maximum Gasteiger partial charge on any atom is 0.319 e. The maximum absolute atomic E-state index is 12.5. The zero-order valence-electron chi connectivity index (χ0n) is 23.3. The molecule has 2 heterocycles. The monoisotopic (exact) mass is 588 g/mol. The van der Waals surface area contributed by atoms with Gasteiger partial charge in [-0.1, -0.05) is 54.6 Å². The Hall–Kier alpha value is -5.41. The molecule has 9 heteroatoms. The fraction of sp³-hybridized carbons (Fsp3) is 0.0588. The van der Waals surface area contributed by atoms with E-state index in [2.05, 4.69) is 15.6 Å². The molecule has 4 aromatic carbocycles. The number of para-hydroxylation sites is 1. The van der Waals surface area contributed by atoms with E-state index in [-0.39, 0.29) is 6.03 Å². The number of nitrogens with one attached hydrogen (secondary N) is 2. The van der Waals surface area contributed by atoms with Crippen molar-refractivity contribution in [2.45, 2.75) is 11.4 Å². The summed E-state index contributed by atoms with van der Waals surface area (Å²) in [7, 11) is -3.24. The molecule has 8 nitrogen and oxygen atoms in total. The highest BCUT2D eigenvalue weighted by molar-refractivity contribution is 7.90. The molecule has 0 saturated heterocycles. The van der Waals surface area contributed by atoms with Crippen LogP contribution in [0, 0.1) is 0 Å². The van der Waals surface area contributed by atoms with E-state index in [9.17, 15) is 13.2 Å². The van der Waals surface area contributed by atoms with E-state index in [0.29, 0.717) is 22.9 Å². The number of benzene rings is 4. The minimum absolute atomic E-state index is 0.291. The minimum atomic E-state index is -3.24. The number of aromatic nitrogens is 2. The van der Waals surface area contributed by atoms with Crippen LogP contribution in [0.3, 0.4) is 0 Å². The van der Waals surface area contributed by atoms with Crippen LogP contribution in [0.25, 0.3) is 28.0 Å². The number of sulfone groups is 1. The average Bonchev–Trinajstić information content (AvgIpc) is 3.45. The summed E-state index contributed by atoms with van der Waals surface area (Å²) in [5.74, 6) is 1.43. The first-order valence-electron chi connectivity index (χ1n) is 13.6. The molecule has 0 bridgehead atoms. The van der Waals surface area contributed by atoms with Crippen molar-refractivity contribution in [3.05, 3.63) is 133 Å². The molecule has 0 aliphatic carbocycles. The molecule has 0 fully saturated rings. The zero-order valence-corrected chi connectivity index (χ0v) is 24.1. The third kappa shape index (κ3) is 6.58. The Balaban J connectivity index is 1.06. The number of amides is 2. The number of carbonyl (C=O) groups is 1. The Morgan fingerprint density at radius 3 is 2.16 bits per heavy atom. The van der Waals surface area contributed by atoms with Crippen molar-refractivity contribution >= 4 is 27.2 Å². The second-order valence-corrected chi connectivity index (χ2v) is 12.0. The SMILES string of the molecule is CS(=O)(=O)c1ccc(-c2ccn3c(-c4ccc(CNC(=O)Nc5ccc(Oc6ccccc6)cc5)cc4)cnc3c2)cc1. The van der Waals surface area contributed by atoms with Crippen molar-refractivity contribution in [2.24, 2.45) is 0 Å². The number of urea groups is 1. The van der Waals surface area contributed by atoms with Gasteiger partial charge in [-0.15, -0.1) is 0 Å². The van der Waals surface area contributed by atoms with Gasteiger partial charge in [0.25, 0.3) is 0 Å². The summed E-state index contributed by atoms with van der Waals surface area (Å²) in [5, 5.41) is 5.73. The van der Waals surface area contributed by atoms with Crippen LogP contribution in [0.2, 0.25) is 0 Å². The van der Waals surface area contributed by atoms with Gasteiger partial charge in [0.05, 0.1) is 16.8 Å². The second-order valence-electron chi connectivity index (χ2n) is 10.0. The van der Waals surface area contributed by atoms with Crippen molar-refractivity contribution in [1.82, 2.24) is 14.7 Å². The lowest BCUT2D eigenvalue weighted by Crippen LogP contribution is -2.28. The van der Waals surface area contributed by atoms with Crippen LogP contribution in [0.4, 0.5) is 10.5 Å². The van der Waals surface area contributed by atoms with Crippen molar-refractivity contribution in [1.29, 1.82) is 0 Å². The van der Waals surface area contributed by atoms with Crippen LogP contribution in [0.5, 0.6) is 11.5 Å². The van der Waals surface area contributed by atoms with E-state index in [0.717, 1.165) is 39.3 Å². The third-order valence-electron chi connectivity index (χ3n) is 6.92. The van der Waals surface area contributed by atoms with Gasteiger partial charge in [-0.25, -0.2) is 18.2 Å². The Bertz CT molecular complexity index is 1990. The summed E-state index contributed by atoms with van der Waals surface area (Å²) in [6.07, 6.45) is 4.98. The summed E-state index contributed by atoms with van der Waals surface area (Å²) in [4.78, 5) is 17.3. The van der Waals surface area contributed by atoms with Gasteiger partial charge in [-0.3, -0.25) is 4.40 Å².